The average molecular weight is 223 g/mol. The van der Waals surface area contributed by atoms with Crippen molar-refractivity contribution >= 4 is 0 Å². The number of hydrogen-bond acceptors (Lipinski definition) is 1. The van der Waals surface area contributed by atoms with E-state index in [1.807, 2.05) is 0 Å². The smallest absolute Gasteiger partial charge is 0.112 e. The van der Waals surface area contributed by atoms with Crippen LogP contribution in [0.3, 0.4) is 0 Å². The zero-order chi connectivity index (χ0) is 11.4. The van der Waals surface area contributed by atoms with Gasteiger partial charge in [-0.2, -0.15) is 0 Å². The Morgan fingerprint density at radius 3 is 2.50 bits per heavy atom. The van der Waals surface area contributed by atoms with Gasteiger partial charge in [-0.1, -0.05) is 26.7 Å². The third-order valence-electron chi connectivity index (χ3n) is 4.42. The summed E-state index contributed by atoms with van der Waals surface area (Å²) in [4.78, 5) is 2.47. The highest BCUT2D eigenvalue weighted by atomic mass is 15.4. The van der Waals surface area contributed by atoms with Crippen molar-refractivity contribution in [2.75, 3.05) is 32.7 Å². The number of rotatable bonds is 6. The number of fused-ring (bicyclic) bond motifs is 2. The van der Waals surface area contributed by atoms with E-state index in [2.05, 4.69) is 31.1 Å². The number of unbranched alkanes of at least 4 members (excludes halogenated alkanes) is 1. The van der Waals surface area contributed by atoms with Crippen molar-refractivity contribution in [1.82, 2.24) is 4.90 Å². The van der Waals surface area contributed by atoms with E-state index in [1.165, 1.54) is 62.9 Å². The van der Waals surface area contributed by atoms with Gasteiger partial charge in [0.1, 0.15) is 19.3 Å². The van der Waals surface area contributed by atoms with E-state index in [-0.39, 0.29) is 0 Å². The van der Waals surface area contributed by atoms with Gasteiger partial charge in [0.25, 0.3) is 0 Å². The molecule has 0 saturated carbocycles. The van der Waals surface area contributed by atoms with Crippen molar-refractivity contribution in [3.05, 3.63) is 12.4 Å². The molecule has 2 nitrogen and oxygen atoms in total. The van der Waals surface area contributed by atoms with Gasteiger partial charge in [0.15, 0.2) is 0 Å². The maximum Gasteiger partial charge on any atom is 0.112 e. The molecule has 3 heterocycles. The van der Waals surface area contributed by atoms with E-state index in [9.17, 15) is 0 Å². The molecule has 0 aromatic rings. The van der Waals surface area contributed by atoms with E-state index in [1.54, 1.807) is 0 Å². The molecular formula is C14H27N2+. The van der Waals surface area contributed by atoms with Gasteiger partial charge in [0.05, 0.1) is 25.8 Å². The lowest BCUT2D eigenvalue weighted by Gasteiger charge is -2.47. The first-order valence-electron chi connectivity index (χ1n) is 7.07. The molecular weight excluding hydrogens is 196 g/mol. The molecule has 0 aliphatic carbocycles. The van der Waals surface area contributed by atoms with Crippen LogP contribution in [-0.2, 0) is 0 Å². The van der Waals surface area contributed by atoms with Gasteiger partial charge < -0.3 is 4.90 Å². The summed E-state index contributed by atoms with van der Waals surface area (Å²) in [5.41, 5.74) is 0. The van der Waals surface area contributed by atoms with Crippen LogP contribution in [-0.4, -0.2) is 42.1 Å². The van der Waals surface area contributed by atoms with Crippen molar-refractivity contribution < 1.29 is 4.48 Å². The lowest BCUT2D eigenvalue weighted by atomic mass is 9.96. The fourth-order valence-corrected chi connectivity index (χ4v) is 3.09. The first kappa shape index (κ1) is 12.0. The first-order chi connectivity index (χ1) is 7.78. The maximum absolute atomic E-state index is 2.47. The minimum atomic E-state index is 0.939. The summed E-state index contributed by atoms with van der Waals surface area (Å²) in [6.07, 6.45) is 10.3. The molecule has 0 N–H and O–H groups in total. The van der Waals surface area contributed by atoms with Gasteiger partial charge in [-0.15, -0.1) is 0 Å². The molecule has 1 unspecified atom stereocenters. The van der Waals surface area contributed by atoms with Crippen molar-refractivity contribution in [1.29, 1.82) is 0 Å². The lowest BCUT2D eigenvalue weighted by Crippen LogP contribution is -2.60. The van der Waals surface area contributed by atoms with Gasteiger partial charge in [0.2, 0.25) is 0 Å². The van der Waals surface area contributed by atoms with Crippen LogP contribution in [0.4, 0.5) is 0 Å². The number of nitrogens with zero attached hydrogens (tertiary/aromatic N) is 2. The molecule has 3 rings (SSSR count). The van der Waals surface area contributed by atoms with Crippen LogP contribution in [0.1, 0.15) is 39.5 Å². The molecule has 3 aliphatic heterocycles. The molecule has 92 valence electrons. The number of hydrogen-bond donors (Lipinski definition) is 0. The molecule has 0 amide bonds. The third kappa shape index (κ3) is 2.60. The van der Waals surface area contributed by atoms with Crippen LogP contribution in [0.5, 0.6) is 0 Å². The molecule has 2 bridgehead atoms. The zero-order valence-corrected chi connectivity index (χ0v) is 11.0. The molecule has 1 fully saturated rings. The summed E-state index contributed by atoms with van der Waals surface area (Å²) in [5, 5.41) is 0. The molecule has 2 heteroatoms. The Balaban J connectivity index is 1.91. The van der Waals surface area contributed by atoms with Gasteiger partial charge in [-0.05, 0) is 12.8 Å². The quantitative estimate of drug-likeness (QED) is 0.626. The molecule has 16 heavy (non-hydrogen) atoms. The third-order valence-corrected chi connectivity index (χ3v) is 4.42. The highest BCUT2D eigenvalue weighted by molar-refractivity contribution is 4.87. The van der Waals surface area contributed by atoms with Crippen LogP contribution in [0.15, 0.2) is 12.4 Å². The highest BCUT2D eigenvalue weighted by Crippen LogP contribution is 2.25. The fourth-order valence-electron chi connectivity index (χ4n) is 3.09. The van der Waals surface area contributed by atoms with Crippen LogP contribution in [0, 0.1) is 5.92 Å². The molecule has 0 radical (unpaired) electrons. The van der Waals surface area contributed by atoms with E-state index in [0.717, 1.165) is 5.92 Å². The molecule has 3 aliphatic rings. The minimum absolute atomic E-state index is 0.939. The summed E-state index contributed by atoms with van der Waals surface area (Å²) in [6.45, 7) is 11.3. The SMILES string of the molecule is CCCCC(CC)C[N+]12C=CN(CC1)CC2. The standard InChI is InChI=1S/C14H27N2/c1-3-5-6-14(4-2)13-16-10-7-15(8-11-16)9-12-16/h7,10,14H,3-6,8-9,11-13H2,1-2H3/q+1. The number of piperazine rings is 1. The van der Waals surface area contributed by atoms with Gasteiger partial charge >= 0.3 is 0 Å². The summed E-state index contributed by atoms with van der Waals surface area (Å²) < 4.78 is 1.28. The largest absolute Gasteiger partial charge is 0.362 e. The second-order valence-electron chi connectivity index (χ2n) is 5.60. The summed E-state index contributed by atoms with van der Waals surface area (Å²) in [7, 11) is 0. The Bertz CT molecular complexity index is 239. The Labute approximate surface area is 101 Å². The topological polar surface area (TPSA) is 3.24 Å². The molecule has 1 saturated heterocycles. The van der Waals surface area contributed by atoms with Crippen molar-refractivity contribution in [2.24, 2.45) is 5.92 Å². The minimum Gasteiger partial charge on any atom is -0.362 e. The normalized spacial score (nSPS) is 23.8. The van der Waals surface area contributed by atoms with Crippen LogP contribution < -0.4 is 0 Å². The predicted octanol–water partition coefficient (Wildman–Crippen LogP) is 2.82. The van der Waals surface area contributed by atoms with Crippen molar-refractivity contribution in [3.63, 3.8) is 0 Å². The van der Waals surface area contributed by atoms with Gasteiger partial charge in [-0.3, -0.25) is 4.48 Å². The van der Waals surface area contributed by atoms with E-state index >= 15 is 0 Å². The van der Waals surface area contributed by atoms with E-state index in [4.69, 9.17) is 0 Å². The van der Waals surface area contributed by atoms with Crippen molar-refractivity contribution in [3.8, 4) is 0 Å². The molecule has 0 aromatic carbocycles. The first-order valence-corrected chi connectivity index (χ1v) is 7.07. The Kier molecular flexibility index (Phi) is 3.91. The lowest BCUT2D eigenvalue weighted by molar-refractivity contribution is -0.892. The van der Waals surface area contributed by atoms with Crippen LogP contribution in [0.25, 0.3) is 0 Å². The van der Waals surface area contributed by atoms with Crippen molar-refractivity contribution in [2.45, 2.75) is 39.5 Å². The molecule has 0 spiro atoms. The molecule has 0 aromatic heterocycles. The fraction of sp³-hybridized carbons (Fsp3) is 0.857. The predicted molar refractivity (Wildman–Crippen MR) is 68.9 cm³/mol. The Morgan fingerprint density at radius 1 is 1.25 bits per heavy atom. The van der Waals surface area contributed by atoms with Crippen LogP contribution >= 0.6 is 0 Å². The van der Waals surface area contributed by atoms with Gasteiger partial charge in [-0.25, -0.2) is 0 Å². The molecule has 1 atom stereocenters. The average Bonchev–Trinajstić information content (AvgIpc) is 2.36. The zero-order valence-electron chi connectivity index (χ0n) is 11.0. The van der Waals surface area contributed by atoms with Gasteiger partial charge in [0, 0.05) is 5.92 Å². The maximum atomic E-state index is 2.47. The summed E-state index contributed by atoms with van der Waals surface area (Å²) in [6, 6.07) is 0. The van der Waals surface area contributed by atoms with Crippen LogP contribution in [0.2, 0.25) is 0 Å². The number of quaternary nitrogens is 1. The Hall–Kier alpha value is -0.500. The Morgan fingerprint density at radius 2 is 2.00 bits per heavy atom. The van der Waals surface area contributed by atoms with E-state index in [0.29, 0.717) is 0 Å². The highest BCUT2D eigenvalue weighted by Gasteiger charge is 2.35. The monoisotopic (exact) mass is 223 g/mol. The second kappa shape index (κ2) is 5.22. The van der Waals surface area contributed by atoms with E-state index < -0.39 is 0 Å². The summed E-state index contributed by atoms with van der Waals surface area (Å²) >= 11 is 0. The summed E-state index contributed by atoms with van der Waals surface area (Å²) in [5.74, 6) is 0.939. The second-order valence-corrected chi connectivity index (χ2v) is 5.60.